The summed E-state index contributed by atoms with van der Waals surface area (Å²) in [5.74, 6) is -2.86. The van der Waals surface area contributed by atoms with Crippen LogP contribution in [0.5, 0.6) is 0 Å². The number of carbonyl (C=O) groups is 4. The van der Waals surface area contributed by atoms with Crippen molar-refractivity contribution in [2.24, 2.45) is 0 Å². The number of hydrogen-bond acceptors (Lipinski definition) is 9. The zero-order valence-electron chi connectivity index (χ0n) is 18.3. The molecule has 1 saturated heterocycles. The van der Waals surface area contributed by atoms with Gasteiger partial charge < -0.3 is 23.7 Å². The lowest BCUT2D eigenvalue weighted by Gasteiger charge is -2.43. The topological polar surface area (TPSA) is 114 Å². The summed E-state index contributed by atoms with van der Waals surface area (Å²) in [6.45, 7) is 3.86. The Morgan fingerprint density at radius 3 is 1.55 bits per heavy atom. The number of hydrogen-bond donors (Lipinski definition) is 0. The Hall–Kier alpha value is -3.72. The number of carbonyl (C=O) groups excluding carboxylic acids is 4. The molecule has 1 aliphatic heterocycles. The molecule has 174 valence electrons. The maximum Gasteiger partial charge on any atom is 0.338 e. The van der Waals surface area contributed by atoms with Gasteiger partial charge in [-0.25, -0.2) is 9.59 Å². The van der Waals surface area contributed by atoms with Crippen LogP contribution in [0.1, 0.15) is 41.5 Å². The van der Waals surface area contributed by atoms with Crippen LogP contribution >= 0.6 is 0 Å². The van der Waals surface area contributed by atoms with Crippen LogP contribution in [0.25, 0.3) is 0 Å². The molecule has 0 radical (unpaired) electrons. The highest BCUT2D eigenvalue weighted by Crippen LogP contribution is 2.30. The minimum atomic E-state index is -1.37. The van der Waals surface area contributed by atoms with E-state index in [1.54, 1.807) is 67.6 Å². The Morgan fingerprint density at radius 1 is 0.636 bits per heavy atom. The molecule has 0 amide bonds. The standard InChI is InChI=1S/C24H24O9/c1-14-19(32-22(27)17-10-6-4-7-11-17)20(33-23(28)18-12-8-5-9-13-18)21(30-15(2)25)24(29-14)31-16(3)26/h4-14,19-21,24H,1-3H3/t14-,19-,20+,21-,24?/m0/s1. The molecule has 33 heavy (non-hydrogen) atoms. The van der Waals surface area contributed by atoms with Crippen molar-refractivity contribution in [1.82, 2.24) is 0 Å². The molecule has 1 aliphatic rings. The van der Waals surface area contributed by atoms with Crippen LogP contribution in [-0.2, 0) is 33.3 Å². The first-order valence-electron chi connectivity index (χ1n) is 10.3. The maximum absolute atomic E-state index is 12.8. The van der Waals surface area contributed by atoms with Crippen LogP contribution in [0.3, 0.4) is 0 Å². The summed E-state index contributed by atoms with van der Waals surface area (Å²) in [5.41, 5.74) is 0.499. The van der Waals surface area contributed by atoms with Crippen molar-refractivity contribution < 1.29 is 42.9 Å². The zero-order valence-corrected chi connectivity index (χ0v) is 18.3. The van der Waals surface area contributed by atoms with E-state index in [1.165, 1.54) is 0 Å². The van der Waals surface area contributed by atoms with Gasteiger partial charge in [0.1, 0.15) is 0 Å². The summed E-state index contributed by atoms with van der Waals surface area (Å²) in [5, 5.41) is 0. The van der Waals surface area contributed by atoms with E-state index in [4.69, 9.17) is 23.7 Å². The Balaban J connectivity index is 1.94. The third-order valence-corrected chi connectivity index (χ3v) is 4.82. The molecule has 3 rings (SSSR count). The number of benzene rings is 2. The highest BCUT2D eigenvalue weighted by Gasteiger charge is 2.52. The van der Waals surface area contributed by atoms with Gasteiger partial charge in [0.15, 0.2) is 12.2 Å². The van der Waals surface area contributed by atoms with Crippen molar-refractivity contribution in [3.05, 3.63) is 71.8 Å². The summed E-state index contributed by atoms with van der Waals surface area (Å²) in [6, 6.07) is 16.3. The second kappa shape index (κ2) is 10.7. The lowest BCUT2D eigenvalue weighted by Crippen LogP contribution is -2.61. The van der Waals surface area contributed by atoms with Crippen molar-refractivity contribution in [3.63, 3.8) is 0 Å². The Labute approximate surface area is 190 Å². The van der Waals surface area contributed by atoms with Gasteiger partial charge in [-0.05, 0) is 31.2 Å². The summed E-state index contributed by atoms with van der Waals surface area (Å²) in [4.78, 5) is 49.0. The molecule has 2 aromatic rings. The largest absolute Gasteiger partial charge is 0.452 e. The minimum absolute atomic E-state index is 0.232. The second-order valence-electron chi connectivity index (χ2n) is 7.36. The first-order chi connectivity index (χ1) is 15.8. The molecule has 0 bridgehead atoms. The number of rotatable bonds is 6. The van der Waals surface area contributed by atoms with Crippen molar-refractivity contribution >= 4 is 23.9 Å². The molecule has 1 heterocycles. The van der Waals surface area contributed by atoms with Crippen molar-refractivity contribution in [1.29, 1.82) is 0 Å². The van der Waals surface area contributed by atoms with Gasteiger partial charge in [0.25, 0.3) is 0 Å². The predicted molar refractivity (Wildman–Crippen MR) is 113 cm³/mol. The van der Waals surface area contributed by atoms with Crippen LogP contribution in [-0.4, -0.2) is 54.6 Å². The van der Waals surface area contributed by atoms with Crippen molar-refractivity contribution in [2.75, 3.05) is 0 Å². The average molecular weight is 456 g/mol. The van der Waals surface area contributed by atoms with E-state index in [-0.39, 0.29) is 11.1 Å². The van der Waals surface area contributed by atoms with Crippen molar-refractivity contribution in [3.8, 4) is 0 Å². The number of ether oxygens (including phenoxy) is 5. The third kappa shape index (κ3) is 6.17. The van der Waals surface area contributed by atoms with Gasteiger partial charge in [-0.3, -0.25) is 9.59 Å². The second-order valence-corrected chi connectivity index (χ2v) is 7.36. The SMILES string of the molecule is CC(=O)OC1O[C@@H](C)[C@H](OC(=O)c2ccccc2)[C@@H](OC(=O)c2ccccc2)[C@@H]1OC(C)=O. The van der Waals surface area contributed by atoms with E-state index in [9.17, 15) is 19.2 Å². The summed E-state index contributed by atoms with van der Waals surface area (Å²) >= 11 is 0. The monoisotopic (exact) mass is 456 g/mol. The van der Waals surface area contributed by atoms with E-state index < -0.39 is 54.6 Å². The van der Waals surface area contributed by atoms with E-state index in [0.29, 0.717) is 0 Å². The van der Waals surface area contributed by atoms with Crippen LogP contribution in [0.2, 0.25) is 0 Å². The fourth-order valence-electron chi connectivity index (χ4n) is 3.38. The molecule has 2 aromatic carbocycles. The normalized spacial score (nSPS) is 24.3. The average Bonchev–Trinajstić information content (AvgIpc) is 2.79. The Morgan fingerprint density at radius 2 is 1.09 bits per heavy atom. The van der Waals surface area contributed by atoms with E-state index in [1.807, 2.05) is 0 Å². The fourth-order valence-corrected chi connectivity index (χ4v) is 3.38. The van der Waals surface area contributed by atoms with Crippen LogP contribution in [0.4, 0.5) is 0 Å². The molecule has 0 spiro atoms. The lowest BCUT2D eigenvalue weighted by atomic mass is 9.98. The maximum atomic E-state index is 12.8. The molecule has 9 heteroatoms. The van der Waals surface area contributed by atoms with Crippen LogP contribution < -0.4 is 0 Å². The van der Waals surface area contributed by atoms with Crippen molar-refractivity contribution in [2.45, 2.75) is 51.5 Å². The van der Waals surface area contributed by atoms with E-state index in [0.717, 1.165) is 13.8 Å². The van der Waals surface area contributed by atoms with Gasteiger partial charge in [0, 0.05) is 13.8 Å². The molecule has 0 saturated carbocycles. The molecule has 1 fully saturated rings. The van der Waals surface area contributed by atoms with Gasteiger partial charge in [0.05, 0.1) is 17.2 Å². The molecule has 1 unspecified atom stereocenters. The number of esters is 4. The molecular weight excluding hydrogens is 432 g/mol. The zero-order chi connectivity index (χ0) is 24.0. The lowest BCUT2D eigenvalue weighted by molar-refractivity contribution is -0.286. The highest BCUT2D eigenvalue weighted by molar-refractivity contribution is 5.90. The third-order valence-electron chi connectivity index (χ3n) is 4.82. The molecule has 0 aromatic heterocycles. The van der Waals surface area contributed by atoms with Crippen LogP contribution in [0.15, 0.2) is 60.7 Å². The first kappa shape index (κ1) is 23.9. The smallest absolute Gasteiger partial charge is 0.338 e. The van der Waals surface area contributed by atoms with Crippen LogP contribution in [0, 0.1) is 0 Å². The fraction of sp³-hybridized carbons (Fsp3) is 0.333. The predicted octanol–water partition coefficient (Wildman–Crippen LogP) is 2.68. The van der Waals surface area contributed by atoms with Gasteiger partial charge in [-0.2, -0.15) is 0 Å². The van der Waals surface area contributed by atoms with Gasteiger partial charge >= 0.3 is 23.9 Å². The first-order valence-corrected chi connectivity index (χ1v) is 10.3. The minimum Gasteiger partial charge on any atom is -0.452 e. The Kier molecular flexibility index (Phi) is 7.78. The van der Waals surface area contributed by atoms with Gasteiger partial charge in [-0.15, -0.1) is 0 Å². The van der Waals surface area contributed by atoms with E-state index >= 15 is 0 Å². The summed E-state index contributed by atoms with van der Waals surface area (Å²) < 4.78 is 27.4. The van der Waals surface area contributed by atoms with E-state index in [2.05, 4.69) is 0 Å². The molecule has 5 atom stereocenters. The molecule has 9 nitrogen and oxygen atoms in total. The molecular formula is C24H24O9. The molecule has 0 aliphatic carbocycles. The summed E-state index contributed by atoms with van der Waals surface area (Å²) in [6.07, 6.45) is -6.10. The highest BCUT2D eigenvalue weighted by atomic mass is 16.7. The summed E-state index contributed by atoms with van der Waals surface area (Å²) in [7, 11) is 0. The Bertz CT molecular complexity index is 990. The van der Waals surface area contributed by atoms with Gasteiger partial charge in [0.2, 0.25) is 12.4 Å². The molecule has 0 N–H and O–H groups in total. The van der Waals surface area contributed by atoms with Gasteiger partial charge in [-0.1, -0.05) is 36.4 Å². The quantitative estimate of drug-likeness (QED) is 0.478.